The van der Waals surface area contributed by atoms with Gasteiger partial charge in [-0.2, -0.15) is 0 Å². The first-order valence-corrected chi connectivity index (χ1v) is 6.16. The van der Waals surface area contributed by atoms with Gasteiger partial charge in [-0.1, -0.05) is 0 Å². The molecule has 1 aromatic rings. The maximum Gasteiger partial charge on any atom is 0.135 e. The van der Waals surface area contributed by atoms with E-state index in [0.29, 0.717) is 5.92 Å². The van der Waals surface area contributed by atoms with Crippen molar-refractivity contribution < 1.29 is 0 Å². The zero-order valence-electron chi connectivity index (χ0n) is 9.52. The van der Waals surface area contributed by atoms with E-state index in [1.807, 2.05) is 0 Å². The summed E-state index contributed by atoms with van der Waals surface area (Å²) in [5.41, 5.74) is 8.32. The number of anilines is 1. The molecule has 0 atom stereocenters. The van der Waals surface area contributed by atoms with Gasteiger partial charge in [-0.15, -0.1) is 0 Å². The van der Waals surface area contributed by atoms with Crippen molar-refractivity contribution in [3.63, 3.8) is 0 Å². The molecule has 86 valence electrons. The van der Waals surface area contributed by atoms with E-state index in [-0.39, 0.29) is 0 Å². The molecule has 0 amide bonds. The Bertz CT molecular complexity index is 385. The van der Waals surface area contributed by atoms with E-state index in [9.17, 15) is 0 Å². The Hall–Kier alpha value is -1.16. The summed E-state index contributed by atoms with van der Waals surface area (Å²) in [5.74, 6) is 1.84. The van der Waals surface area contributed by atoms with Crippen molar-refractivity contribution in [1.29, 1.82) is 0 Å². The molecule has 1 aliphatic heterocycles. The first kappa shape index (κ1) is 10.0. The second-order valence-corrected chi connectivity index (χ2v) is 4.84. The third kappa shape index (κ3) is 1.57. The van der Waals surface area contributed by atoms with Crippen molar-refractivity contribution in [2.45, 2.75) is 25.7 Å². The summed E-state index contributed by atoms with van der Waals surface area (Å²) in [6.45, 7) is 2.93. The van der Waals surface area contributed by atoms with Gasteiger partial charge in [0.15, 0.2) is 0 Å². The van der Waals surface area contributed by atoms with E-state index in [4.69, 9.17) is 5.73 Å². The third-order valence-corrected chi connectivity index (χ3v) is 3.69. The minimum absolute atomic E-state index is 0.661. The van der Waals surface area contributed by atoms with Crippen molar-refractivity contribution in [2.75, 3.05) is 24.5 Å². The van der Waals surface area contributed by atoms with E-state index < -0.39 is 0 Å². The van der Waals surface area contributed by atoms with Crippen LogP contribution in [0.2, 0.25) is 0 Å². The monoisotopic (exact) mass is 218 g/mol. The number of fused-ring (bicyclic) bond motifs is 1. The first-order valence-electron chi connectivity index (χ1n) is 6.16. The van der Waals surface area contributed by atoms with Crippen molar-refractivity contribution in [3.8, 4) is 0 Å². The van der Waals surface area contributed by atoms with Gasteiger partial charge in [0.2, 0.25) is 0 Å². The molecule has 1 aromatic heterocycles. The fourth-order valence-corrected chi connectivity index (χ4v) is 2.67. The molecular formula is C12H18N4. The highest BCUT2D eigenvalue weighted by molar-refractivity contribution is 5.51. The molecule has 2 aliphatic rings. The Balaban J connectivity index is 1.85. The number of rotatable bonds is 2. The lowest BCUT2D eigenvalue weighted by molar-refractivity contribution is 0.414. The van der Waals surface area contributed by atoms with Gasteiger partial charge < -0.3 is 10.6 Å². The summed E-state index contributed by atoms with van der Waals surface area (Å²) >= 11 is 0. The van der Waals surface area contributed by atoms with E-state index in [1.165, 1.54) is 29.9 Å². The van der Waals surface area contributed by atoms with Crippen LogP contribution in [0.15, 0.2) is 6.33 Å². The highest BCUT2D eigenvalue weighted by Gasteiger charge is 2.29. The molecule has 1 fully saturated rings. The predicted octanol–water partition coefficient (Wildman–Crippen LogP) is 0.750. The van der Waals surface area contributed by atoms with Gasteiger partial charge in [-0.25, -0.2) is 9.97 Å². The van der Waals surface area contributed by atoms with E-state index in [0.717, 1.165) is 32.5 Å². The maximum atomic E-state index is 5.65. The molecule has 4 heteroatoms. The van der Waals surface area contributed by atoms with Gasteiger partial charge in [-0.3, -0.25) is 0 Å². The summed E-state index contributed by atoms with van der Waals surface area (Å²) in [6.07, 6.45) is 6.54. The summed E-state index contributed by atoms with van der Waals surface area (Å²) < 4.78 is 0. The molecule has 0 unspecified atom stereocenters. The fourth-order valence-electron chi connectivity index (χ4n) is 2.67. The number of hydrogen-bond donors (Lipinski definition) is 1. The van der Waals surface area contributed by atoms with Gasteiger partial charge in [0.1, 0.15) is 12.1 Å². The van der Waals surface area contributed by atoms with Gasteiger partial charge >= 0.3 is 0 Å². The smallest absolute Gasteiger partial charge is 0.135 e. The van der Waals surface area contributed by atoms with Crippen LogP contribution in [0.4, 0.5) is 5.82 Å². The van der Waals surface area contributed by atoms with Crippen LogP contribution in [0.5, 0.6) is 0 Å². The number of nitrogens with zero attached hydrogens (tertiary/aromatic N) is 3. The topological polar surface area (TPSA) is 55.0 Å². The number of hydrogen-bond acceptors (Lipinski definition) is 4. The van der Waals surface area contributed by atoms with Crippen LogP contribution in [0.3, 0.4) is 0 Å². The number of aromatic nitrogens is 2. The van der Waals surface area contributed by atoms with Gasteiger partial charge in [0.25, 0.3) is 0 Å². The molecule has 0 spiro atoms. The van der Waals surface area contributed by atoms with Crippen LogP contribution in [0.25, 0.3) is 0 Å². The van der Waals surface area contributed by atoms with Crippen LogP contribution in [-0.2, 0) is 12.8 Å². The standard InChI is InChI=1S/C12H18N4/c13-5-9-6-16(7-9)12-10-3-1-2-4-11(10)14-8-15-12/h8-9H,1-7,13H2. The molecule has 1 aliphatic carbocycles. The normalized spacial score (nSPS) is 20.4. The molecule has 16 heavy (non-hydrogen) atoms. The van der Waals surface area contributed by atoms with Crippen molar-refractivity contribution in [3.05, 3.63) is 17.6 Å². The highest BCUT2D eigenvalue weighted by atomic mass is 15.2. The zero-order valence-corrected chi connectivity index (χ0v) is 9.52. The molecule has 2 heterocycles. The summed E-state index contributed by atoms with van der Waals surface area (Å²) in [7, 11) is 0. The lowest BCUT2D eigenvalue weighted by Crippen LogP contribution is -2.50. The fraction of sp³-hybridized carbons (Fsp3) is 0.667. The zero-order chi connectivity index (χ0) is 11.0. The van der Waals surface area contributed by atoms with Crippen molar-refractivity contribution in [1.82, 2.24) is 9.97 Å². The molecule has 0 aromatic carbocycles. The molecule has 0 bridgehead atoms. The van der Waals surface area contributed by atoms with Gasteiger partial charge in [0, 0.05) is 30.3 Å². The average Bonchev–Trinajstić information content (AvgIpc) is 2.28. The minimum atomic E-state index is 0.661. The lowest BCUT2D eigenvalue weighted by Gasteiger charge is -2.41. The Morgan fingerprint density at radius 3 is 2.88 bits per heavy atom. The minimum Gasteiger partial charge on any atom is -0.355 e. The Labute approximate surface area is 95.9 Å². The molecule has 0 saturated carbocycles. The second-order valence-electron chi connectivity index (χ2n) is 4.84. The summed E-state index contributed by atoms with van der Waals surface area (Å²) in [5, 5.41) is 0. The average molecular weight is 218 g/mol. The molecular weight excluding hydrogens is 200 g/mol. The lowest BCUT2D eigenvalue weighted by atomic mass is 9.94. The predicted molar refractivity (Wildman–Crippen MR) is 63.4 cm³/mol. The quantitative estimate of drug-likeness (QED) is 0.796. The molecule has 2 N–H and O–H groups in total. The van der Waals surface area contributed by atoms with E-state index in [1.54, 1.807) is 6.33 Å². The van der Waals surface area contributed by atoms with Crippen LogP contribution in [-0.4, -0.2) is 29.6 Å². The SMILES string of the molecule is NCC1CN(c2ncnc3c2CCCC3)C1. The van der Waals surface area contributed by atoms with Crippen molar-refractivity contribution >= 4 is 5.82 Å². The van der Waals surface area contributed by atoms with Gasteiger partial charge in [0.05, 0.1) is 0 Å². The van der Waals surface area contributed by atoms with Crippen LogP contribution >= 0.6 is 0 Å². The Morgan fingerprint density at radius 2 is 2.06 bits per heavy atom. The maximum absolute atomic E-state index is 5.65. The highest BCUT2D eigenvalue weighted by Crippen LogP contribution is 2.30. The number of nitrogens with two attached hydrogens (primary N) is 1. The van der Waals surface area contributed by atoms with Gasteiger partial charge in [-0.05, 0) is 32.2 Å². The number of aryl methyl sites for hydroxylation is 1. The third-order valence-electron chi connectivity index (χ3n) is 3.69. The van der Waals surface area contributed by atoms with E-state index >= 15 is 0 Å². The van der Waals surface area contributed by atoms with Crippen LogP contribution in [0.1, 0.15) is 24.1 Å². The van der Waals surface area contributed by atoms with Crippen LogP contribution < -0.4 is 10.6 Å². The van der Waals surface area contributed by atoms with E-state index in [2.05, 4.69) is 14.9 Å². The summed E-state index contributed by atoms with van der Waals surface area (Å²) in [4.78, 5) is 11.2. The molecule has 1 saturated heterocycles. The Kier molecular flexibility index (Phi) is 2.52. The molecule has 3 rings (SSSR count). The Morgan fingerprint density at radius 1 is 1.25 bits per heavy atom. The summed E-state index contributed by atoms with van der Waals surface area (Å²) in [6, 6.07) is 0. The molecule has 0 radical (unpaired) electrons. The molecule has 4 nitrogen and oxygen atoms in total. The van der Waals surface area contributed by atoms with Crippen LogP contribution in [0, 0.1) is 5.92 Å². The largest absolute Gasteiger partial charge is 0.355 e. The first-order chi connectivity index (χ1) is 7.88. The van der Waals surface area contributed by atoms with Crippen molar-refractivity contribution in [2.24, 2.45) is 11.7 Å². The second kappa shape index (κ2) is 4.01.